The molecule has 1 aromatic rings. The first-order valence-electron chi connectivity index (χ1n) is 6.82. The maximum absolute atomic E-state index is 13.2. The Balaban J connectivity index is 3.26. The molecule has 1 atom stereocenters. The summed E-state index contributed by atoms with van der Waals surface area (Å²) in [5.74, 6) is 0.245. The van der Waals surface area contributed by atoms with Crippen LogP contribution in [-0.4, -0.2) is 19.4 Å². The summed E-state index contributed by atoms with van der Waals surface area (Å²) < 4.78 is 44.6. The van der Waals surface area contributed by atoms with Gasteiger partial charge in [0.15, 0.2) is 0 Å². The number of carbonyl (C=O) groups is 1. The second-order valence-corrected chi connectivity index (χ2v) is 5.45. The van der Waals surface area contributed by atoms with E-state index in [-0.39, 0.29) is 22.0 Å². The van der Waals surface area contributed by atoms with Crippen LogP contribution in [0.25, 0.3) is 0 Å². The van der Waals surface area contributed by atoms with E-state index in [0.717, 1.165) is 6.07 Å². The number of nitrogens with one attached hydrogen (secondary N) is 1. The van der Waals surface area contributed by atoms with E-state index >= 15 is 0 Å². The Kier molecular flexibility index (Phi) is 6.66. The number of carbonyl (C=O) groups excluding carboxylic acids is 1. The van der Waals surface area contributed by atoms with Gasteiger partial charge in [-0.2, -0.15) is 13.2 Å². The summed E-state index contributed by atoms with van der Waals surface area (Å²) in [4.78, 5) is 10.7. The highest BCUT2D eigenvalue weighted by atomic mass is 35.5. The quantitative estimate of drug-likeness (QED) is 0.415. The van der Waals surface area contributed by atoms with Crippen LogP contribution in [0.1, 0.15) is 22.8 Å². The molecule has 0 aliphatic rings. The number of rotatable bonds is 7. The van der Waals surface area contributed by atoms with Gasteiger partial charge in [0.25, 0.3) is 0 Å². The van der Waals surface area contributed by atoms with Gasteiger partial charge in [0.1, 0.15) is 12.0 Å². The van der Waals surface area contributed by atoms with Gasteiger partial charge in [0.05, 0.1) is 18.7 Å². The van der Waals surface area contributed by atoms with Crippen molar-refractivity contribution in [2.75, 3.05) is 12.4 Å². The van der Waals surface area contributed by atoms with Gasteiger partial charge in [0.2, 0.25) is 0 Å². The van der Waals surface area contributed by atoms with Crippen molar-refractivity contribution in [1.82, 2.24) is 0 Å². The number of hydrogen-bond donors (Lipinski definition) is 1. The average molecular weight is 360 g/mol. The van der Waals surface area contributed by atoms with Crippen LogP contribution < -0.4 is 5.32 Å². The largest absolute Gasteiger partial charge is 0.497 e. The molecule has 0 amide bonds. The summed E-state index contributed by atoms with van der Waals surface area (Å²) in [5.41, 5.74) is -0.724. The second-order valence-electron chi connectivity index (χ2n) is 4.96. The van der Waals surface area contributed by atoms with E-state index in [1.54, 1.807) is 6.92 Å². The molecule has 1 rings (SSSR count). The van der Waals surface area contributed by atoms with Gasteiger partial charge >= 0.3 is 6.18 Å². The topological polar surface area (TPSA) is 38.3 Å². The van der Waals surface area contributed by atoms with Gasteiger partial charge in [-0.1, -0.05) is 24.8 Å². The number of hydrogen-bond acceptors (Lipinski definition) is 3. The smallest absolute Gasteiger partial charge is 0.418 e. The van der Waals surface area contributed by atoms with Crippen LogP contribution >= 0.6 is 11.6 Å². The van der Waals surface area contributed by atoms with Crippen LogP contribution in [0.2, 0.25) is 0 Å². The number of halogens is 4. The summed E-state index contributed by atoms with van der Waals surface area (Å²) in [5, 5.41) is 2.93. The first-order chi connectivity index (χ1) is 11.1. The van der Waals surface area contributed by atoms with E-state index < -0.39 is 17.8 Å². The van der Waals surface area contributed by atoms with Crippen molar-refractivity contribution in [1.29, 1.82) is 0 Å². The van der Waals surface area contributed by atoms with Crippen LogP contribution in [0.5, 0.6) is 0 Å². The van der Waals surface area contributed by atoms with Crippen LogP contribution in [0, 0.1) is 0 Å². The first-order valence-corrected chi connectivity index (χ1v) is 7.20. The van der Waals surface area contributed by atoms with Gasteiger partial charge in [-0.3, -0.25) is 4.79 Å². The number of ether oxygens (including phenoxy) is 1. The fraction of sp³-hybridized carbons (Fsp3) is 0.235. The highest BCUT2D eigenvalue weighted by Gasteiger charge is 2.34. The third kappa shape index (κ3) is 5.16. The van der Waals surface area contributed by atoms with Crippen molar-refractivity contribution in [2.24, 2.45) is 0 Å². The molecule has 0 bridgehead atoms. The molecule has 0 fully saturated rings. The lowest BCUT2D eigenvalue weighted by molar-refractivity contribution is -0.137. The molecule has 0 aromatic heterocycles. The summed E-state index contributed by atoms with van der Waals surface area (Å²) in [6, 6.07) is 2.69. The molecule has 3 nitrogen and oxygen atoms in total. The van der Waals surface area contributed by atoms with Crippen molar-refractivity contribution >= 4 is 23.6 Å². The lowest BCUT2D eigenvalue weighted by Crippen LogP contribution is -2.22. The summed E-state index contributed by atoms with van der Waals surface area (Å²) in [6.45, 7) is 8.84. The summed E-state index contributed by atoms with van der Waals surface area (Å²) in [7, 11) is 1.39. The summed E-state index contributed by atoms with van der Waals surface area (Å²) in [6.07, 6.45) is -2.80. The minimum Gasteiger partial charge on any atom is -0.497 e. The zero-order chi connectivity index (χ0) is 18.5. The molecular formula is C17H17ClF3NO2. The van der Waals surface area contributed by atoms with Crippen LogP contribution in [-0.2, 0) is 10.9 Å². The molecule has 0 saturated carbocycles. The predicted octanol–water partition coefficient (Wildman–Crippen LogP) is 5.16. The molecule has 0 unspecified atom stereocenters. The molecular weight excluding hydrogens is 343 g/mol. The highest BCUT2D eigenvalue weighted by molar-refractivity contribution is 6.30. The number of anilines is 1. The van der Waals surface area contributed by atoms with Crippen molar-refractivity contribution in [3.63, 3.8) is 0 Å². The number of alkyl halides is 3. The second kappa shape index (κ2) is 8.06. The Morgan fingerprint density at radius 3 is 2.46 bits per heavy atom. The number of allylic oxidation sites excluding steroid dienone is 2. The molecule has 1 aromatic carbocycles. The van der Waals surface area contributed by atoms with Gasteiger partial charge in [-0.15, -0.1) is 0 Å². The third-order valence-electron chi connectivity index (χ3n) is 3.20. The van der Waals surface area contributed by atoms with Crippen LogP contribution in [0.4, 0.5) is 18.9 Å². The molecule has 0 aliphatic carbocycles. The summed E-state index contributed by atoms with van der Waals surface area (Å²) >= 11 is 5.75. The minimum absolute atomic E-state index is 0.0632. The molecule has 130 valence electrons. The van der Waals surface area contributed by atoms with Crippen LogP contribution in [0.15, 0.2) is 53.8 Å². The fourth-order valence-corrected chi connectivity index (χ4v) is 2.16. The zero-order valence-electron chi connectivity index (χ0n) is 13.2. The van der Waals surface area contributed by atoms with Crippen LogP contribution in [0.3, 0.4) is 0 Å². The Morgan fingerprint density at radius 2 is 2.00 bits per heavy atom. The van der Waals surface area contributed by atoms with E-state index in [4.69, 9.17) is 16.3 Å². The highest BCUT2D eigenvalue weighted by Crippen LogP contribution is 2.36. The molecule has 0 heterocycles. The van der Waals surface area contributed by atoms with E-state index in [1.165, 1.54) is 25.3 Å². The Labute approximate surface area is 143 Å². The molecule has 0 spiro atoms. The molecule has 1 N–H and O–H groups in total. The lowest BCUT2D eigenvalue weighted by Gasteiger charge is -2.22. The maximum atomic E-state index is 13.2. The van der Waals surface area contributed by atoms with Gasteiger partial charge in [-0.05, 0) is 31.2 Å². The van der Waals surface area contributed by atoms with Gasteiger partial charge in [0, 0.05) is 21.9 Å². The first kappa shape index (κ1) is 19.8. The molecule has 24 heavy (non-hydrogen) atoms. The Bertz CT molecular complexity index is 681. The number of aldehydes is 1. The number of methoxy groups -OCH3 is 1. The normalized spacial score (nSPS) is 13.2. The Hall–Kier alpha value is -2.21. The molecule has 0 radical (unpaired) electrons. The standard InChI is InChI=1S/C17H17ClF3NO2/c1-10(18)7-14(12(3)24-4)11(2)22-16-6-5-13(9-23)8-15(16)17(19,20)21/h5-9,11,22H,1,3H2,2,4H3/b14-7-/t11-/m0/s1. The van der Waals surface area contributed by atoms with Crippen molar-refractivity contribution in [3.05, 3.63) is 64.9 Å². The zero-order valence-corrected chi connectivity index (χ0v) is 14.0. The van der Waals surface area contributed by atoms with Crippen molar-refractivity contribution < 1.29 is 22.7 Å². The average Bonchev–Trinajstić information content (AvgIpc) is 2.50. The fourth-order valence-electron chi connectivity index (χ4n) is 2.04. The number of benzene rings is 1. The van der Waals surface area contributed by atoms with Gasteiger partial charge in [-0.25, -0.2) is 0 Å². The lowest BCUT2D eigenvalue weighted by atomic mass is 10.0. The van der Waals surface area contributed by atoms with E-state index in [2.05, 4.69) is 18.5 Å². The molecule has 0 aliphatic heterocycles. The van der Waals surface area contributed by atoms with E-state index in [0.29, 0.717) is 11.9 Å². The molecule has 0 saturated heterocycles. The van der Waals surface area contributed by atoms with Gasteiger partial charge < -0.3 is 10.1 Å². The minimum atomic E-state index is -4.61. The van der Waals surface area contributed by atoms with Crippen molar-refractivity contribution in [3.8, 4) is 0 Å². The van der Waals surface area contributed by atoms with Crippen molar-refractivity contribution in [2.45, 2.75) is 19.1 Å². The SMILES string of the molecule is C=C(Cl)/C=C(\C(=C)OC)[C@H](C)Nc1ccc(C=O)cc1C(F)(F)F. The molecule has 7 heteroatoms. The third-order valence-corrected chi connectivity index (χ3v) is 3.31. The predicted molar refractivity (Wildman–Crippen MR) is 89.1 cm³/mol. The van der Waals surface area contributed by atoms with E-state index in [9.17, 15) is 18.0 Å². The van der Waals surface area contributed by atoms with E-state index in [1.807, 2.05) is 0 Å². The Morgan fingerprint density at radius 1 is 1.38 bits per heavy atom. The monoisotopic (exact) mass is 359 g/mol. The maximum Gasteiger partial charge on any atom is 0.418 e.